The van der Waals surface area contributed by atoms with Gasteiger partial charge in [0, 0.05) is 5.38 Å². The van der Waals surface area contributed by atoms with Crippen LogP contribution >= 0.6 is 11.3 Å². The molecule has 0 saturated heterocycles. The Kier molecular flexibility index (Phi) is 2.45. The highest BCUT2D eigenvalue weighted by molar-refractivity contribution is 7.13. The molecule has 0 aliphatic carbocycles. The van der Waals surface area contributed by atoms with Gasteiger partial charge >= 0.3 is 0 Å². The molecule has 0 aliphatic heterocycles. The Balaban J connectivity index is 2.70. The number of amides is 1. The molecule has 1 heterocycles. The quantitative estimate of drug-likeness (QED) is 0.568. The highest BCUT2D eigenvalue weighted by Gasteiger charge is 2.07. The van der Waals surface area contributed by atoms with E-state index in [1.807, 2.05) is 0 Å². The summed E-state index contributed by atoms with van der Waals surface area (Å²) in [6, 6.07) is -0.253. The number of hydrogen-bond donors (Lipinski definition) is 1. The lowest BCUT2D eigenvalue weighted by Gasteiger charge is -2.04. The Morgan fingerprint density at radius 2 is 2.83 bits per heavy atom. The fourth-order valence-electron chi connectivity index (χ4n) is 0.710. The van der Waals surface area contributed by atoms with Crippen molar-refractivity contribution in [3.63, 3.8) is 0 Å². The van der Waals surface area contributed by atoms with Crippen LogP contribution in [0.2, 0.25) is 0 Å². The first-order valence-corrected chi connectivity index (χ1v) is 4.20. The van der Waals surface area contributed by atoms with Gasteiger partial charge in [0.2, 0.25) is 11.5 Å². The molecular weight excluding hydrogens is 174 g/mol. The molecule has 0 spiro atoms. The fraction of sp³-hybridized carbons (Fsp3) is 0.286. The Morgan fingerprint density at radius 1 is 2.08 bits per heavy atom. The maximum Gasteiger partial charge on any atom is 0.208 e. The fourth-order valence-corrected chi connectivity index (χ4v) is 1.43. The van der Waals surface area contributed by atoms with E-state index < -0.39 is 6.39 Å². The summed E-state index contributed by atoms with van der Waals surface area (Å²) < 4.78 is 6.70. The summed E-state index contributed by atoms with van der Waals surface area (Å²) in [4.78, 5) is 18.1. The van der Waals surface area contributed by atoms with E-state index in [4.69, 9.17) is 1.37 Å². The van der Waals surface area contributed by atoms with Crippen molar-refractivity contribution in [1.29, 1.82) is 0 Å². The third-order valence-electron chi connectivity index (χ3n) is 1.36. The average molecular weight is 184 g/mol. The van der Waals surface area contributed by atoms with Gasteiger partial charge in [-0.25, -0.2) is 9.98 Å². The second-order valence-corrected chi connectivity index (χ2v) is 3.02. The highest BCUT2D eigenvalue weighted by atomic mass is 32.1. The summed E-state index contributed by atoms with van der Waals surface area (Å²) in [6.07, 6.45) is -0.811. The zero-order valence-electron chi connectivity index (χ0n) is 7.57. The summed E-state index contributed by atoms with van der Waals surface area (Å²) in [5, 5.41) is 4.76. The van der Waals surface area contributed by atoms with Gasteiger partial charge in [0.05, 0.1) is 11.7 Å². The third kappa shape index (κ3) is 1.88. The van der Waals surface area contributed by atoms with Crippen molar-refractivity contribution < 1.29 is 6.17 Å². The van der Waals surface area contributed by atoms with E-state index in [0.717, 1.165) is 0 Å². The lowest BCUT2D eigenvalue weighted by atomic mass is 10.3. The van der Waals surface area contributed by atoms with Crippen molar-refractivity contribution >= 4 is 29.6 Å². The number of hydrogen-bond acceptors (Lipinski definition) is 4. The number of nitrogens with one attached hydrogen (secondary N) is 1. The minimum atomic E-state index is -0.811. The molecule has 64 valence electrons. The molecule has 0 fully saturated rings. The predicted octanol–water partition coefficient (Wildman–Crippen LogP) is 1.28. The average Bonchev–Trinajstić information content (AvgIpc) is 2.50. The standard InChI is InChI=1S/C7H9N3OS/c1-5(9-4-11)6-3-12-7(8-2)10-6/h3-5H,2H2,1H3,(H,9,11)/i4D. The van der Waals surface area contributed by atoms with Crippen LogP contribution < -0.4 is 5.32 Å². The van der Waals surface area contributed by atoms with Gasteiger partial charge < -0.3 is 5.32 Å². The van der Waals surface area contributed by atoms with Gasteiger partial charge in [0.25, 0.3) is 0 Å². The number of thiazole rings is 1. The van der Waals surface area contributed by atoms with Crippen molar-refractivity contribution in [2.45, 2.75) is 13.0 Å². The number of carbonyl (C=O) groups is 1. The molecule has 1 aromatic rings. The first-order valence-electron chi connectivity index (χ1n) is 3.82. The van der Waals surface area contributed by atoms with Crippen molar-refractivity contribution in [1.82, 2.24) is 10.3 Å². The molecule has 4 nitrogen and oxygen atoms in total. The zero-order valence-corrected chi connectivity index (χ0v) is 7.39. The van der Waals surface area contributed by atoms with Crippen LogP contribution in [0.5, 0.6) is 0 Å². The lowest BCUT2D eigenvalue weighted by molar-refractivity contribution is -0.110. The molecule has 0 radical (unpaired) electrons. The van der Waals surface area contributed by atoms with Gasteiger partial charge in [-0.05, 0) is 13.6 Å². The van der Waals surface area contributed by atoms with Crippen LogP contribution in [0, 0.1) is 0 Å². The van der Waals surface area contributed by atoms with Crippen LogP contribution in [-0.4, -0.2) is 18.1 Å². The molecule has 1 amide bonds. The molecule has 1 rings (SSSR count). The molecule has 1 atom stereocenters. The molecule has 0 aliphatic rings. The number of aromatic nitrogens is 1. The molecular formula is C7H9N3OS. The predicted molar refractivity (Wildman–Crippen MR) is 48.9 cm³/mol. The largest absolute Gasteiger partial charge is 0.351 e. The summed E-state index contributed by atoms with van der Waals surface area (Å²) in [6.45, 7) is 5.10. The van der Waals surface area contributed by atoms with E-state index in [1.54, 1.807) is 12.3 Å². The Labute approximate surface area is 75.8 Å². The first kappa shape index (κ1) is 7.42. The number of nitrogens with zero attached hydrogens (tertiary/aromatic N) is 2. The van der Waals surface area contributed by atoms with Crippen molar-refractivity contribution in [2.24, 2.45) is 4.99 Å². The van der Waals surface area contributed by atoms with Crippen LogP contribution in [-0.2, 0) is 4.79 Å². The minimum Gasteiger partial charge on any atom is -0.351 e. The molecule has 12 heavy (non-hydrogen) atoms. The van der Waals surface area contributed by atoms with E-state index in [2.05, 4.69) is 22.0 Å². The molecule has 0 bridgehead atoms. The molecule has 1 unspecified atom stereocenters. The van der Waals surface area contributed by atoms with Crippen LogP contribution in [0.1, 0.15) is 20.0 Å². The van der Waals surface area contributed by atoms with Gasteiger partial charge in [-0.2, -0.15) is 0 Å². The highest BCUT2D eigenvalue weighted by Crippen LogP contribution is 2.21. The summed E-state index contributed by atoms with van der Waals surface area (Å²) in [5.74, 6) is 0. The number of rotatable bonds is 3. The smallest absolute Gasteiger partial charge is 0.208 e. The van der Waals surface area contributed by atoms with E-state index in [9.17, 15) is 4.79 Å². The third-order valence-corrected chi connectivity index (χ3v) is 2.15. The zero-order chi connectivity index (χ0) is 9.84. The lowest BCUT2D eigenvalue weighted by Crippen LogP contribution is -2.16. The molecule has 1 N–H and O–H groups in total. The maximum absolute atomic E-state index is 10.4. The molecule has 5 heteroatoms. The van der Waals surface area contributed by atoms with Gasteiger partial charge in [0.15, 0.2) is 0 Å². The van der Waals surface area contributed by atoms with Crippen molar-refractivity contribution in [3.8, 4) is 0 Å². The monoisotopic (exact) mass is 184 g/mol. The van der Waals surface area contributed by atoms with Gasteiger partial charge in [-0.3, -0.25) is 4.79 Å². The number of carbonyl (C=O) groups excluding carboxylic acids is 1. The normalized spacial score (nSPS) is 13.2. The van der Waals surface area contributed by atoms with E-state index in [0.29, 0.717) is 10.8 Å². The Morgan fingerprint density at radius 3 is 3.33 bits per heavy atom. The van der Waals surface area contributed by atoms with Gasteiger partial charge in [-0.1, -0.05) is 0 Å². The summed E-state index contributed by atoms with van der Waals surface area (Å²) >= 11 is 1.35. The first-order chi connectivity index (χ1) is 6.13. The van der Waals surface area contributed by atoms with E-state index in [-0.39, 0.29) is 6.04 Å². The van der Waals surface area contributed by atoms with Crippen molar-refractivity contribution in [3.05, 3.63) is 11.1 Å². The van der Waals surface area contributed by atoms with Crippen LogP contribution in [0.3, 0.4) is 0 Å². The second kappa shape index (κ2) is 3.96. The van der Waals surface area contributed by atoms with Gasteiger partial charge in [0.1, 0.15) is 1.37 Å². The minimum absolute atomic E-state index is 0.253. The van der Waals surface area contributed by atoms with Gasteiger partial charge in [-0.15, -0.1) is 11.3 Å². The second-order valence-electron chi connectivity index (χ2n) is 2.18. The maximum atomic E-state index is 10.4. The van der Waals surface area contributed by atoms with Crippen LogP contribution in [0.25, 0.3) is 0 Å². The van der Waals surface area contributed by atoms with Crippen LogP contribution in [0.4, 0.5) is 5.13 Å². The summed E-state index contributed by atoms with van der Waals surface area (Å²) in [5.41, 5.74) is 0.702. The SMILES string of the molecule is [2H]C(=O)NC(C)c1csc(N=C)n1. The summed E-state index contributed by atoms with van der Waals surface area (Å²) in [7, 11) is 0. The van der Waals surface area contributed by atoms with Crippen LogP contribution in [0.15, 0.2) is 10.4 Å². The van der Waals surface area contributed by atoms with E-state index in [1.165, 1.54) is 11.3 Å². The Bertz CT molecular complexity index is 325. The topological polar surface area (TPSA) is 54.4 Å². The van der Waals surface area contributed by atoms with Crippen molar-refractivity contribution in [2.75, 3.05) is 0 Å². The molecule has 1 aromatic heterocycles. The van der Waals surface area contributed by atoms with E-state index >= 15 is 0 Å². The molecule has 0 saturated carbocycles. The molecule has 0 aromatic carbocycles. The Hall–Kier alpha value is -1.23. The number of aliphatic imine (C=N–C) groups is 1.